The van der Waals surface area contributed by atoms with Gasteiger partial charge in [0.25, 0.3) is 0 Å². The number of hydrogen-bond acceptors (Lipinski definition) is 4. The Labute approximate surface area is 87.5 Å². The van der Waals surface area contributed by atoms with Gasteiger partial charge in [0.1, 0.15) is 5.84 Å². The van der Waals surface area contributed by atoms with Crippen molar-refractivity contribution in [2.24, 2.45) is 0 Å². The lowest BCUT2D eigenvalue weighted by Crippen LogP contribution is -2.26. The summed E-state index contributed by atoms with van der Waals surface area (Å²) in [5.74, 6) is 0.0550. The third-order valence-electron chi connectivity index (χ3n) is 1.57. The highest BCUT2D eigenvalue weighted by molar-refractivity contribution is 9.10. The number of hydrogen-bond donors (Lipinski definition) is 2. The molecule has 0 bridgehead atoms. The summed E-state index contributed by atoms with van der Waals surface area (Å²) in [6, 6.07) is 1.24. The number of rotatable bonds is 1. The van der Waals surface area contributed by atoms with Crippen molar-refractivity contribution in [3.05, 3.63) is 32.3 Å². The lowest BCUT2D eigenvalue weighted by Gasteiger charge is -2.04. The summed E-state index contributed by atoms with van der Waals surface area (Å²) < 4.78 is 1.59. The van der Waals surface area contributed by atoms with Gasteiger partial charge in [-0.1, -0.05) is 0 Å². The third-order valence-corrected chi connectivity index (χ3v) is 2.00. The first kappa shape index (κ1) is 10.6. The normalized spacial score (nSPS) is 9.86. The van der Waals surface area contributed by atoms with Crippen LogP contribution in [0.15, 0.2) is 16.7 Å². The maximum absolute atomic E-state index is 10.5. The standard InChI is InChI=1S/C7H7BrN4O2/c1-4(9)11-3-5(8)2-6(7(11)10)12(13)14/h2-3,9-10H,1H3. The predicted molar refractivity (Wildman–Crippen MR) is 53.4 cm³/mol. The molecule has 2 N–H and O–H groups in total. The fourth-order valence-corrected chi connectivity index (χ4v) is 1.37. The Bertz CT molecular complexity index is 427. The van der Waals surface area contributed by atoms with E-state index in [0.717, 1.165) is 4.57 Å². The molecule has 14 heavy (non-hydrogen) atoms. The molecule has 0 spiro atoms. The van der Waals surface area contributed by atoms with Crippen LogP contribution in [-0.4, -0.2) is 15.3 Å². The largest absolute Gasteiger partial charge is 0.312 e. The molecule has 0 aromatic carbocycles. The van der Waals surface area contributed by atoms with Gasteiger partial charge in [-0.25, -0.2) is 0 Å². The van der Waals surface area contributed by atoms with E-state index >= 15 is 0 Å². The van der Waals surface area contributed by atoms with E-state index in [1.807, 2.05) is 0 Å². The SMILES string of the molecule is CC(=N)n1cc(Br)cc([N+](=O)[O-])c1=N. The van der Waals surface area contributed by atoms with Crippen LogP contribution in [0.25, 0.3) is 0 Å². The molecule has 1 heterocycles. The van der Waals surface area contributed by atoms with Crippen molar-refractivity contribution in [3.8, 4) is 0 Å². The van der Waals surface area contributed by atoms with Crippen LogP contribution in [0.5, 0.6) is 0 Å². The Morgan fingerprint density at radius 1 is 1.71 bits per heavy atom. The van der Waals surface area contributed by atoms with Gasteiger partial charge in [0.15, 0.2) is 0 Å². The molecule has 0 amide bonds. The topological polar surface area (TPSA) is 95.8 Å². The maximum Gasteiger partial charge on any atom is 0.312 e. The summed E-state index contributed by atoms with van der Waals surface area (Å²) >= 11 is 3.08. The molecule has 0 atom stereocenters. The molecule has 0 fully saturated rings. The zero-order valence-corrected chi connectivity index (χ0v) is 8.83. The summed E-state index contributed by atoms with van der Waals surface area (Å²) in [5.41, 5.74) is -0.628. The maximum atomic E-state index is 10.5. The zero-order chi connectivity index (χ0) is 10.9. The summed E-state index contributed by atoms with van der Waals surface area (Å²) in [6.45, 7) is 1.45. The van der Waals surface area contributed by atoms with Crippen molar-refractivity contribution in [1.82, 2.24) is 4.57 Å². The van der Waals surface area contributed by atoms with Gasteiger partial charge < -0.3 is 0 Å². The zero-order valence-electron chi connectivity index (χ0n) is 7.24. The fraction of sp³-hybridized carbons (Fsp3) is 0.143. The molecule has 6 nitrogen and oxygen atoms in total. The van der Waals surface area contributed by atoms with E-state index in [1.54, 1.807) is 0 Å². The van der Waals surface area contributed by atoms with Gasteiger partial charge in [-0.2, -0.15) is 0 Å². The minimum atomic E-state index is -0.646. The first-order valence-corrected chi connectivity index (χ1v) is 4.39. The second-order valence-electron chi connectivity index (χ2n) is 2.60. The van der Waals surface area contributed by atoms with Crippen LogP contribution in [0.4, 0.5) is 5.69 Å². The number of nitrogens with one attached hydrogen (secondary N) is 2. The van der Waals surface area contributed by atoms with Crippen LogP contribution >= 0.6 is 15.9 Å². The van der Waals surface area contributed by atoms with Gasteiger partial charge >= 0.3 is 5.69 Å². The summed E-state index contributed by atoms with van der Waals surface area (Å²) in [6.07, 6.45) is 1.44. The number of nitrogens with zero attached hydrogens (tertiary/aromatic N) is 2. The number of pyridine rings is 1. The molecule has 0 aliphatic heterocycles. The van der Waals surface area contributed by atoms with Crippen molar-refractivity contribution in [2.45, 2.75) is 6.92 Å². The minimum Gasteiger partial charge on any atom is -0.288 e. The lowest BCUT2D eigenvalue weighted by atomic mass is 10.4. The molecule has 7 heteroatoms. The van der Waals surface area contributed by atoms with Crippen molar-refractivity contribution in [3.63, 3.8) is 0 Å². The van der Waals surface area contributed by atoms with Gasteiger partial charge in [-0.05, 0) is 22.9 Å². The second kappa shape index (κ2) is 3.70. The Kier molecular flexibility index (Phi) is 2.80. The van der Waals surface area contributed by atoms with Gasteiger partial charge in [0.05, 0.1) is 4.92 Å². The Morgan fingerprint density at radius 2 is 2.29 bits per heavy atom. The highest BCUT2D eigenvalue weighted by Crippen LogP contribution is 2.13. The molecule has 0 saturated carbocycles. The van der Waals surface area contributed by atoms with E-state index in [9.17, 15) is 10.1 Å². The predicted octanol–water partition coefficient (Wildman–Crippen LogP) is 1.48. The fourth-order valence-electron chi connectivity index (χ4n) is 0.951. The molecular formula is C7H7BrN4O2. The average Bonchev–Trinajstić information content (AvgIpc) is 2.07. The van der Waals surface area contributed by atoms with Gasteiger partial charge in [-0.15, -0.1) is 0 Å². The highest BCUT2D eigenvalue weighted by atomic mass is 79.9. The first-order chi connectivity index (χ1) is 6.43. The quantitative estimate of drug-likeness (QED) is 0.346. The first-order valence-electron chi connectivity index (χ1n) is 3.60. The highest BCUT2D eigenvalue weighted by Gasteiger charge is 2.13. The molecule has 0 radical (unpaired) electrons. The Balaban J connectivity index is 3.56. The van der Waals surface area contributed by atoms with E-state index in [2.05, 4.69) is 15.9 Å². The number of nitro groups is 1. The molecule has 74 valence electrons. The Morgan fingerprint density at radius 3 is 2.71 bits per heavy atom. The number of halogens is 1. The summed E-state index contributed by atoms with van der Waals surface area (Å²) in [4.78, 5) is 9.88. The molecule has 0 aliphatic carbocycles. The van der Waals surface area contributed by atoms with Gasteiger partial charge in [-0.3, -0.25) is 25.5 Å². The van der Waals surface area contributed by atoms with E-state index in [-0.39, 0.29) is 17.0 Å². The lowest BCUT2D eigenvalue weighted by molar-refractivity contribution is -0.386. The van der Waals surface area contributed by atoms with E-state index < -0.39 is 4.92 Å². The van der Waals surface area contributed by atoms with Crippen molar-refractivity contribution in [2.75, 3.05) is 0 Å². The molecule has 1 rings (SSSR count). The van der Waals surface area contributed by atoms with Crippen molar-refractivity contribution < 1.29 is 4.92 Å². The molecular weight excluding hydrogens is 252 g/mol. The summed E-state index contributed by atoms with van der Waals surface area (Å²) in [5, 5.41) is 25.3. The van der Waals surface area contributed by atoms with Crippen molar-refractivity contribution in [1.29, 1.82) is 10.8 Å². The molecule has 1 aromatic heterocycles. The van der Waals surface area contributed by atoms with Crippen LogP contribution in [0.1, 0.15) is 6.92 Å². The van der Waals surface area contributed by atoms with Crippen LogP contribution in [0, 0.1) is 20.9 Å². The molecule has 0 unspecified atom stereocenters. The molecule has 0 saturated heterocycles. The van der Waals surface area contributed by atoms with E-state index in [1.165, 1.54) is 19.2 Å². The van der Waals surface area contributed by atoms with E-state index in [0.29, 0.717) is 4.47 Å². The Hall–Kier alpha value is -1.50. The molecule has 1 aromatic rings. The third kappa shape index (κ3) is 1.87. The van der Waals surface area contributed by atoms with Gasteiger partial charge in [0.2, 0.25) is 5.49 Å². The summed E-state index contributed by atoms with van der Waals surface area (Å²) in [7, 11) is 0. The van der Waals surface area contributed by atoms with E-state index in [4.69, 9.17) is 10.8 Å². The molecule has 0 aliphatic rings. The van der Waals surface area contributed by atoms with Crippen molar-refractivity contribution >= 4 is 27.5 Å². The minimum absolute atomic E-state index is 0.0550. The monoisotopic (exact) mass is 258 g/mol. The van der Waals surface area contributed by atoms with Crippen LogP contribution in [-0.2, 0) is 0 Å². The second-order valence-corrected chi connectivity index (χ2v) is 3.52. The number of aromatic nitrogens is 1. The average molecular weight is 259 g/mol. The smallest absolute Gasteiger partial charge is 0.288 e. The van der Waals surface area contributed by atoms with Crippen LogP contribution in [0.3, 0.4) is 0 Å². The van der Waals surface area contributed by atoms with Crippen LogP contribution in [0.2, 0.25) is 0 Å². The van der Waals surface area contributed by atoms with Crippen LogP contribution < -0.4 is 5.49 Å². The van der Waals surface area contributed by atoms with Gasteiger partial charge in [0, 0.05) is 16.7 Å².